The van der Waals surface area contributed by atoms with Crippen LogP contribution < -0.4 is 10.6 Å². The van der Waals surface area contributed by atoms with Crippen LogP contribution in [0.15, 0.2) is 0 Å². The lowest BCUT2D eigenvalue weighted by molar-refractivity contribution is -0.138. The van der Waals surface area contributed by atoms with Gasteiger partial charge < -0.3 is 15.7 Å². The van der Waals surface area contributed by atoms with Crippen molar-refractivity contribution in [2.24, 2.45) is 0 Å². The van der Waals surface area contributed by atoms with E-state index >= 15 is 0 Å². The molecule has 124 valence electrons. The number of aliphatic hydroxyl groups is 1. The van der Waals surface area contributed by atoms with Crippen LogP contribution in [0.4, 0.5) is 0 Å². The number of rotatable bonds is 11. The summed E-state index contributed by atoms with van der Waals surface area (Å²) in [6.07, 6.45) is 2.85. The van der Waals surface area contributed by atoms with E-state index < -0.39 is 11.1 Å². The Morgan fingerprint density at radius 2 is 1.76 bits per heavy atom. The molecular weight excluding hydrogens is 268 g/mol. The third kappa shape index (κ3) is 6.68. The molecule has 0 aromatic heterocycles. The number of ketones is 2. The second-order valence-corrected chi connectivity index (χ2v) is 6.44. The molecule has 5 nitrogen and oxygen atoms in total. The van der Waals surface area contributed by atoms with Gasteiger partial charge in [-0.2, -0.15) is 0 Å². The van der Waals surface area contributed by atoms with Crippen molar-refractivity contribution in [2.75, 3.05) is 13.6 Å². The molecule has 0 radical (unpaired) electrons. The fourth-order valence-corrected chi connectivity index (χ4v) is 1.95. The summed E-state index contributed by atoms with van der Waals surface area (Å²) in [6.45, 7) is 9.42. The highest BCUT2D eigenvalue weighted by molar-refractivity contribution is 5.91. The summed E-state index contributed by atoms with van der Waals surface area (Å²) in [5, 5.41) is 16.2. The molecule has 0 fully saturated rings. The van der Waals surface area contributed by atoms with E-state index in [1.54, 1.807) is 27.8 Å². The van der Waals surface area contributed by atoms with Gasteiger partial charge in [0.2, 0.25) is 0 Å². The molecule has 0 spiro atoms. The van der Waals surface area contributed by atoms with E-state index in [1.165, 1.54) is 0 Å². The van der Waals surface area contributed by atoms with E-state index in [4.69, 9.17) is 0 Å². The van der Waals surface area contributed by atoms with Gasteiger partial charge in [-0.25, -0.2) is 0 Å². The van der Waals surface area contributed by atoms with E-state index in [-0.39, 0.29) is 17.6 Å². The Hall–Kier alpha value is -0.780. The highest BCUT2D eigenvalue weighted by atomic mass is 16.3. The summed E-state index contributed by atoms with van der Waals surface area (Å²) >= 11 is 0. The number of likely N-dealkylation sites (N-methyl/N-ethyl adjacent to an activating group) is 1. The number of hydrogen-bond acceptors (Lipinski definition) is 5. The average molecular weight is 300 g/mol. The molecule has 0 aliphatic heterocycles. The smallest absolute Gasteiger partial charge is 0.180 e. The molecule has 21 heavy (non-hydrogen) atoms. The van der Waals surface area contributed by atoms with Crippen molar-refractivity contribution < 1.29 is 14.7 Å². The van der Waals surface area contributed by atoms with E-state index in [0.29, 0.717) is 12.8 Å². The number of nitrogens with one attached hydrogen (secondary N) is 2. The van der Waals surface area contributed by atoms with Crippen LogP contribution in [0.5, 0.6) is 0 Å². The lowest BCUT2D eigenvalue weighted by Crippen LogP contribution is -2.48. The van der Waals surface area contributed by atoms with Crippen LogP contribution in [0.3, 0.4) is 0 Å². The monoisotopic (exact) mass is 300 g/mol. The first-order valence-corrected chi connectivity index (χ1v) is 7.78. The molecule has 2 atom stereocenters. The summed E-state index contributed by atoms with van der Waals surface area (Å²) in [4.78, 5) is 23.5. The maximum atomic E-state index is 12.2. The molecule has 0 bridgehead atoms. The molecule has 0 aliphatic rings. The maximum absolute atomic E-state index is 12.2. The van der Waals surface area contributed by atoms with Crippen molar-refractivity contribution in [3.05, 3.63) is 0 Å². The van der Waals surface area contributed by atoms with Crippen LogP contribution in [0.1, 0.15) is 60.3 Å². The topological polar surface area (TPSA) is 78.4 Å². The van der Waals surface area contributed by atoms with Gasteiger partial charge in [-0.15, -0.1) is 0 Å². The van der Waals surface area contributed by atoms with Gasteiger partial charge in [0.05, 0.1) is 11.6 Å². The van der Waals surface area contributed by atoms with Gasteiger partial charge in [-0.1, -0.05) is 13.3 Å². The number of carbonyl (C=O) groups is 2. The molecule has 0 rings (SSSR count). The van der Waals surface area contributed by atoms with Crippen LogP contribution in [0.25, 0.3) is 0 Å². The third-order valence-electron chi connectivity index (χ3n) is 4.25. The van der Waals surface area contributed by atoms with Gasteiger partial charge in [0, 0.05) is 0 Å². The van der Waals surface area contributed by atoms with Gasteiger partial charge in [-0.05, 0) is 60.5 Å². The van der Waals surface area contributed by atoms with E-state index in [0.717, 1.165) is 19.4 Å². The zero-order chi connectivity index (χ0) is 16.7. The summed E-state index contributed by atoms with van der Waals surface area (Å²) < 4.78 is 0. The molecule has 0 heterocycles. The minimum Gasteiger partial charge on any atom is -0.382 e. The van der Waals surface area contributed by atoms with Crippen LogP contribution >= 0.6 is 0 Å². The van der Waals surface area contributed by atoms with E-state index in [2.05, 4.69) is 10.6 Å². The van der Waals surface area contributed by atoms with Crippen LogP contribution in [0, 0.1) is 0 Å². The molecule has 5 heteroatoms. The zero-order valence-corrected chi connectivity index (χ0v) is 14.4. The first-order valence-electron chi connectivity index (χ1n) is 7.78. The molecule has 0 amide bonds. The SMILES string of the molecule is CCC(C)(O)C(=O)C(CCCCNC(C)(C)C(C)=O)NC. The number of unbranched alkanes of at least 4 members (excludes halogenated alkanes) is 1. The second kappa shape index (κ2) is 8.61. The third-order valence-corrected chi connectivity index (χ3v) is 4.25. The van der Waals surface area contributed by atoms with Crippen LogP contribution in [-0.2, 0) is 9.59 Å². The van der Waals surface area contributed by atoms with Gasteiger partial charge in [-0.3, -0.25) is 9.59 Å². The van der Waals surface area contributed by atoms with Gasteiger partial charge >= 0.3 is 0 Å². The van der Waals surface area contributed by atoms with Crippen molar-refractivity contribution in [1.82, 2.24) is 10.6 Å². The Kier molecular flexibility index (Phi) is 8.29. The van der Waals surface area contributed by atoms with Crippen molar-refractivity contribution in [2.45, 2.75) is 77.5 Å². The normalized spacial score (nSPS) is 16.3. The quantitative estimate of drug-likeness (QED) is 0.503. The van der Waals surface area contributed by atoms with Crippen LogP contribution in [0.2, 0.25) is 0 Å². The van der Waals surface area contributed by atoms with Gasteiger partial charge in [0.25, 0.3) is 0 Å². The second-order valence-electron chi connectivity index (χ2n) is 6.44. The predicted octanol–water partition coefficient (Wildman–Crippen LogP) is 1.43. The molecular formula is C16H32N2O3. The first-order chi connectivity index (χ1) is 9.58. The Bertz CT molecular complexity index is 351. The Labute approximate surface area is 128 Å². The Morgan fingerprint density at radius 1 is 1.19 bits per heavy atom. The summed E-state index contributed by atoms with van der Waals surface area (Å²) in [5.74, 6) is -0.0331. The fourth-order valence-electron chi connectivity index (χ4n) is 1.95. The summed E-state index contributed by atoms with van der Waals surface area (Å²) in [5.41, 5.74) is -1.76. The fraction of sp³-hybridized carbons (Fsp3) is 0.875. The molecule has 2 unspecified atom stereocenters. The van der Waals surface area contributed by atoms with Gasteiger partial charge in [0.15, 0.2) is 5.78 Å². The molecule has 0 aliphatic carbocycles. The number of Topliss-reactive ketones (excluding diaryl/α,β-unsaturated/α-hetero) is 2. The molecule has 0 aromatic carbocycles. The molecule has 3 N–H and O–H groups in total. The van der Waals surface area contributed by atoms with E-state index in [9.17, 15) is 14.7 Å². The zero-order valence-electron chi connectivity index (χ0n) is 14.4. The number of carbonyl (C=O) groups excluding carboxylic acids is 2. The largest absolute Gasteiger partial charge is 0.382 e. The van der Waals surface area contributed by atoms with E-state index in [1.807, 2.05) is 13.8 Å². The Balaban J connectivity index is 4.15. The first kappa shape index (κ1) is 20.2. The standard InChI is InChI=1S/C16H32N2O3/c1-7-16(5,21)14(20)13(17-6)10-8-9-11-18-15(3,4)12(2)19/h13,17-18,21H,7-11H2,1-6H3. The Morgan fingerprint density at radius 3 is 2.19 bits per heavy atom. The van der Waals surface area contributed by atoms with Crippen LogP contribution in [-0.4, -0.2) is 47.4 Å². The average Bonchev–Trinajstić information content (AvgIpc) is 2.41. The number of hydrogen-bond donors (Lipinski definition) is 3. The predicted molar refractivity (Wildman–Crippen MR) is 85.4 cm³/mol. The maximum Gasteiger partial charge on any atom is 0.180 e. The van der Waals surface area contributed by atoms with Gasteiger partial charge in [0.1, 0.15) is 11.4 Å². The van der Waals surface area contributed by atoms with Crippen molar-refractivity contribution in [3.8, 4) is 0 Å². The molecule has 0 aromatic rings. The lowest BCUT2D eigenvalue weighted by atomic mass is 9.90. The molecule has 0 saturated heterocycles. The minimum atomic E-state index is -1.26. The minimum absolute atomic E-state index is 0.116. The lowest BCUT2D eigenvalue weighted by Gasteiger charge is -2.26. The highest BCUT2D eigenvalue weighted by Crippen LogP contribution is 2.15. The summed E-state index contributed by atoms with van der Waals surface area (Å²) in [7, 11) is 1.74. The van der Waals surface area contributed by atoms with Crippen molar-refractivity contribution in [1.29, 1.82) is 0 Å². The van der Waals surface area contributed by atoms with Crippen molar-refractivity contribution in [3.63, 3.8) is 0 Å². The summed E-state index contributed by atoms with van der Waals surface area (Å²) in [6, 6.07) is -0.319. The molecule has 0 saturated carbocycles. The van der Waals surface area contributed by atoms with Crippen molar-refractivity contribution >= 4 is 11.6 Å². The highest BCUT2D eigenvalue weighted by Gasteiger charge is 2.33.